The van der Waals surface area contributed by atoms with Crippen LogP contribution in [0.5, 0.6) is 0 Å². The molecule has 4 heteroatoms. The Labute approximate surface area is 121 Å². The van der Waals surface area contributed by atoms with Gasteiger partial charge in [-0.1, -0.05) is 6.92 Å². The molecule has 1 aromatic heterocycles. The fourth-order valence-electron chi connectivity index (χ4n) is 3.06. The topological polar surface area (TPSA) is 29.9 Å². The van der Waals surface area contributed by atoms with Gasteiger partial charge in [0, 0.05) is 35.6 Å². The molecule has 0 unspecified atom stereocenters. The third kappa shape index (κ3) is 3.54. The van der Waals surface area contributed by atoms with E-state index < -0.39 is 0 Å². The van der Waals surface area contributed by atoms with Crippen molar-refractivity contribution < 1.29 is 0 Å². The quantitative estimate of drug-likeness (QED) is 0.868. The molecular weight excluding hydrogens is 254 g/mol. The minimum atomic E-state index is 0.702. The van der Waals surface area contributed by atoms with Crippen molar-refractivity contribution in [2.75, 3.05) is 5.75 Å². The van der Waals surface area contributed by atoms with Crippen molar-refractivity contribution in [3.8, 4) is 0 Å². The molecule has 1 aromatic rings. The third-order valence-corrected chi connectivity index (χ3v) is 5.42. The highest BCUT2D eigenvalue weighted by Gasteiger charge is 2.24. The SMILES string of the molecule is CCS[C@H]1CC[C@H](NCc2c(C)nn(CC)c2C)C1. The first-order valence-corrected chi connectivity index (χ1v) is 8.58. The summed E-state index contributed by atoms with van der Waals surface area (Å²) in [5, 5.41) is 9.21. The van der Waals surface area contributed by atoms with Crippen LogP contribution in [-0.4, -0.2) is 26.8 Å². The molecule has 3 nitrogen and oxygen atoms in total. The Balaban J connectivity index is 1.88. The maximum absolute atomic E-state index is 4.59. The lowest BCUT2D eigenvalue weighted by Crippen LogP contribution is -2.26. The Bertz CT molecular complexity index is 414. The highest BCUT2D eigenvalue weighted by atomic mass is 32.2. The summed E-state index contributed by atoms with van der Waals surface area (Å²) in [4.78, 5) is 0. The summed E-state index contributed by atoms with van der Waals surface area (Å²) < 4.78 is 2.11. The predicted octanol–water partition coefficient (Wildman–Crippen LogP) is 3.28. The molecule has 2 rings (SSSR count). The molecule has 0 radical (unpaired) electrons. The van der Waals surface area contributed by atoms with E-state index in [1.54, 1.807) is 0 Å². The van der Waals surface area contributed by atoms with Gasteiger partial charge in [-0.05, 0) is 45.8 Å². The van der Waals surface area contributed by atoms with Crippen LogP contribution in [0.1, 0.15) is 50.1 Å². The summed E-state index contributed by atoms with van der Waals surface area (Å²) in [6.45, 7) is 10.7. The largest absolute Gasteiger partial charge is 0.310 e. The molecule has 1 aliphatic carbocycles. The van der Waals surface area contributed by atoms with E-state index in [9.17, 15) is 0 Å². The molecule has 0 aromatic carbocycles. The Morgan fingerprint density at radius 2 is 2.11 bits per heavy atom. The first-order valence-electron chi connectivity index (χ1n) is 7.53. The van der Waals surface area contributed by atoms with Crippen molar-refractivity contribution in [2.24, 2.45) is 0 Å². The summed E-state index contributed by atoms with van der Waals surface area (Å²) in [6.07, 6.45) is 4.04. The number of hydrogen-bond acceptors (Lipinski definition) is 3. The van der Waals surface area contributed by atoms with E-state index in [0.717, 1.165) is 18.3 Å². The summed E-state index contributed by atoms with van der Waals surface area (Å²) in [5.74, 6) is 1.25. The molecule has 1 saturated carbocycles. The van der Waals surface area contributed by atoms with Gasteiger partial charge in [0.1, 0.15) is 0 Å². The molecule has 1 N–H and O–H groups in total. The van der Waals surface area contributed by atoms with Gasteiger partial charge in [0.15, 0.2) is 0 Å². The number of aryl methyl sites for hydroxylation is 2. The number of hydrogen-bond donors (Lipinski definition) is 1. The van der Waals surface area contributed by atoms with Gasteiger partial charge >= 0.3 is 0 Å². The van der Waals surface area contributed by atoms with E-state index >= 15 is 0 Å². The molecule has 108 valence electrons. The van der Waals surface area contributed by atoms with E-state index in [4.69, 9.17) is 0 Å². The molecule has 0 amide bonds. The number of thioether (sulfide) groups is 1. The normalized spacial score (nSPS) is 23.2. The predicted molar refractivity (Wildman–Crippen MR) is 83.8 cm³/mol. The van der Waals surface area contributed by atoms with Crippen LogP contribution in [0.25, 0.3) is 0 Å². The van der Waals surface area contributed by atoms with Gasteiger partial charge in [-0.3, -0.25) is 4.68 Å². The van der Waals surface area contributed by atoms with Gasteiger partial charge in [-0.15, -0.1) is 0 Å². The molecule has 0 saturated heterocycles. The smallest absolute Gasteiger partial charge is 0.0641 e. The van der Waals surface area contributed by atoms with Crippen molar-refractivity contribution >= 4 is 11.8 Å². The average molecular weight is 281 g/mol. The lowest BCUT2D eigenvalue weighted by molar-refractivity contribution is 0.522. The number of nitrogens with one attached hydrogen (secondary N) is 1. The summed E-state index contributed by atoms with van der Waals surface area (Å²) in [5.41, 5.74) is 3.91. The monoisotopic (exact) mass is 281 g/mol. The van der Waals surface area contributed by atoms with E-state index in [-0.39, 0.29) is 0 Å². The third-order valence-electron chi connectivity index (χ3n) is 4.19. The molecule has 0 aliphatic heterocycles. The van der Waals surface area contributed by atoms with Crippen molar-refractivity contribution in [2.45, 2.75) is 71.3 Å². The number of nitrogens with zero attached hydrogens (tertiary/aromatic N) is 2. The second-order valence-corrected chi connectivity index (χ2v) is 7.01. The van der Waals surface area contributed by atoms with Crippen LogP contribution in [0.15, 0.2) is 0 Å². The van der Waals surface area contributed by atoms with Crippen LogP contribution in [-0.2, 0) is 13.1 Å². The standard InChI is InChI=1S/C15H27N3S/c1-5-18-12(4)15(11(3)17-18)10-16-13-7-8-14(9-13)19-6-2/h13-14,16H,5-10H2,1-4H3/t13-,14-/m0/s1. The summed E-state index contributed by atoms with van der Waals surface area (Å²) in [7, 11) is 0. The van der Waals surface area contributed by atoms with Crippen LogP contribution >= 0.6 is 11.8 Å². The van der Waals surface area contributed by atoms with Gasteiger partial charge < -0.3 is 5.32 Å². The van der Waals surface area contributed by atoms with Crippen molar-refractivity contribution in [3.63, 3.8) is 0 Å². The van der Waals surface area contributed by atoms with Crippen LogP contribution < -0.4 is 5.32 Å². The lowest BCUT2D eigenvalue weighted by Gasteiger charge is -2.13. The van der Waals surface area contributed by atoms with E-state index in [1.807, 2.05) is 0 Å². The van der Waals surface area contributed by atoms with Gasteiger partial charge in [-0.2, -0.15) is 16.9 Å². The first kappa shape index (κ1) is 14.9. The maximum Gasteiger partial charge on any atom is 0.0641 e. The van der Waals surface area contributed by atoms with Crippen LogP contribution in [0.4, 0.5) is 0 Å². The average Bonchev–Trinajstić information content (AvgIpc) is 2.93. The fraction of sp³-hybridized carbons (Fsp3) is 0.800. The highest BCUT2D eigenvalue weighted by Crippen LogP contribution is 2.30. The van der Waals surface area contributed by atoms with Gasteiger partial charge in [-0.25, -0.2) is 0 Å². The highest BCUT2D eigenvalue weighted by molar-refractivity contribution is 7.99. The van der Waals surface area contributed by atoms with Crippen LogP contribution in [0.3, 0.4) is 0 Å². The Hall–Kier alpha value is -0.480. The van der Waals surface area contributed by atoms with Gasteiger partial charge in [0.25, 0.3) is 0 Å². The minimum absolute atomic E-state index is 0.702. The van der Waals surface area contributed by atoms with Crippen LogP contribution in [0, 0.1) is 13.8 Å². The van der Waals surface area contributed by atoms with Gasteiger partial charge in [0.05, 0.1) is 5.69 Å². The zero-order valence-corrected chi connectivity index (χ0v) is 13.5. The first-order chi connectivity index (χ1) is 9.15. The number of rotatable bonds is 6. The maximum atomic E-state index is 4.59. The van der Waals surface area contributed by atoms with Crippen LogP contribution in [0.2, 0.25) is 0 Å². The molecule has 19 heavy (non-hydrogen) atoms. The molecule has 0 bridgehead atoms. The Morgan fingerprint density at radius 3 is 2.74 bits per heavy atom. The van der Waals surface area contributed by atoms with Crippen molar-refractivity contribution in [3.05, 3.63) is 17.0 Å². The molecular formula is C15H27N3S. The summed E-state index contributed by atoms with van der Waals surface area (Å²) in [6, 6.07) is 0.702. The number of aromatic nitrogens is 2. The molecule has 1 fully saturated rings. The molecule has 0 spiro atoms. The second kappa shape index (κ2) is 6.80. The molecule has 1 heterocycles. The van der Waals surface area contributed by atoms with E-state index in [1.165, 1.54) is 42.0 Å². The van der Waals surface area contributed by atoms with Crippen molar-refractivity contribution in [1.29, 1.82) is 0 Å². The van der Waals surface area contributed by atoms with E-state index in [2.05, 4.69) is 54.6 Å². The molecule has 1 aliphatic rings. The van der Waals surface area contributed by atoms with Gasteiger partial charge in [0.2, 0.25) is 0 Å². The fourth-order valence-corrected chi connectivity index (χ4v) is 4.20. The zero-order valence-electron chi connectivity index (χ0n) is 12.7. The molecule has 2 atom stereocenters. The zero-order chi connectivity index (χ0) is 13.8. The lowest BCUT2D eigenvalue weighted by atomic mass is 10.1. The second-order valence-electron chi connectivity index (χ2n) is 5.43. The Morgan fingerprint density at radius 1 is 1.32 bits per heavy atom. The van der Waals surface area contributed by atoms with Crippen molar-refractivity contribution in [1.82, 2.24) is 15.1 Å². The summed E-state index contributed by atoms with van der Waals surface area (Å²) >= 11 is 2.12. The minimum Gasteiger partial charge on any atom is -0.310 e. The Kier molecular flexibility index (Phi) is 5.34. The van der Waals surface area contributed by atoms with E-state index in [0.29, 0.717) is 6.04 Å².